The fourth-order valence-corrected chi connectivity index (χ4v) is 4.64. The van der Waals surface area contributed by atoms with Crippen LogP contribution in [0.25, 0.3) is 0 Å². The first-order valence-electron chi connectivity index (χ1n) is 8.21. The summed E-state index contributed by atoms with van der Waals surface area (Å²) in [6, 6.07) is 6.29. The molecule has 3 rings (SSSR count). The van der Waals surface area contributed by atoms with E-state index in [4.69, 9.17) is 0 Å². The van der Waals surface area contributed by atoms with Gasteiger partial charge in [0.1, 0.15) is 0 Å². The number of likely N-dealkylation sites (tertiary alicyclic amines) is 1. The van der Waals surface area contributed by atoms with E-state index in [0.29, 0.717) is 17.4 Å². The molecular weight excluding hydrogens is 312 g/mol. The molecule has 0 aromatic heterocycles. The molecule has 1 heterocycles. The first-order chi connectivity index (χ1) is 10.9. The molecule has 2 aliphatic rings. The minimum atomic E-state index is -3.45. The molecule has 6 heteroatoms. The SMILES string of the molecule is CN(C)S(=O)(=O)c1ccc(C(=O)N2C[C@H]3CCCC[C@H]3C2)cc1. The smallest absolute Gasteiger partial charge is 0.253 e. The number of rotatable bonds is 3. The summed E-state index contributed by atoms with van der Waals surface area (Å²) in [5.74, 6) is 1.33. The maximum atomic E-state index is 12.7. The second kappa shape index (κ2) is 6.24. The van der Waals surface area contributed by atoms with E-state index in [2.05, 4.69) is 0 Å². The zero-order valence-electron chi connectivity index (χ0n) is 13.7. The van der Waals surface area contributed by atoms with Gasteiger partial charge in [-0.3, -0.25) is 4.79 Å². The topological polar surface area (TPSA) is 57.7 Å². The molecule has 1 aliphatic carbocycles. The maximum absolute atomic E-state index is 12.7. The van der Waals surface area contributed by atoms with E-state index in [1.807, 2.05) is 4.90 Å². The van der Waals surface area contributed by atoms with Gasteiger partial charge in [0.05, 0.1) is 4.90 Å². The van der Waals surface area contributed by atoms with Gasteiger partial charge < -0.3 is 4.90 Å². The zero-order chi connectivity index (χ0) is 16.6. The van der Waals surface area contributed by atoms with Crippen molar-refractivity contribution in [3.05, 3.63) is 29.8 Å². The number of hydrogen-bond donors (Lipinski definition) is 0. The average molecular weight is 336 g/mol. The van der Waals surface area contributed by atoms with Crippen molar-refractivity contribution in [3.8, 4) is 0 Å². The fraction of sp³-hybridized carbons (Fsp3) is 0.588. The van der Waals surface area contributed by atoms with Gasteiger partial charge in [-0.15, -0.1) is 0 Å². The van der Waals surface area contributed by atoms with Gasteiger partial charge in [-0.25, -0.2) is 12.7 Å². The Morgan fingerprint density at radius 3 is 2.04 bits per heavy atom. The third-order valence-electron chi connectivity index (χ3n) is 5.14. The van der Waals surface area contributed by atoms with Crippen LogP contribution in [0.5, 0.6) is 0 Å². The van der Waals surface area contributed by atoms with Crippen LogP contribution in [0.4, 0.5) is 0 Å². The standard InChI is InChI=1S/C17H24N2O3S/c1-18(2)23(21,22)16-9-7-13(8-10-16)17(20)19-11-14-5-3-4-6-15(14)12-19/h7-10,14-15H,3-6,11-12H2,1-2H3/t14-,15+. The molecule has 2 atom stereocenters. The Balaban J connectivity index is 1.74. The van der Waals surface area contributed by atoms with E-state index in [0.717, 1.165) is 13.1 Å². The van der Waals surface area contributed by atoms with Gasteiger partial charge in [0.2, 0.25) is 10.0 Å². The third-order valence-corrected chi connectivity index (χ3v) is 6.97. The molecule has 5 nitrogen and oxygen atoms in total. The van der Waals surface area contributed by atoms with Crippen molar-refractivity contribution in [3.63, 3.8) is 0 Å². The van der Waals surface area contributed by atoms with Crippen molar-refractivity contribution in [1.82, 2.24) is 9.21 Å². The van der Waals surface area contributed by atoms with Crippen molar-refractivity contribution in [2.24, 2.45) is 11.8 Å². The van der Waals surface area contributed by atoms with E-state index in [-0.39, 0.29) is 10.8 Å². The van der Waals surface area contributed by atoms with Crippen LogP contribution in [0.1, 0.15) is 36.0 Å². The summed E-state index contributed by atoms with van der Waals surface area (Å²) in [6.45, 7) is 1.70. The minimum absolute atomic E-state index is 0.0215. The molecule has 1 saturated carbocycles. The molecule has 1 amide bonds. The number of hydrogen-bond acceptors (Lipinski definition) is 3. The van der Waals surface area contributed by atoms with Crippen molar-refractivity contribution in [2.75, 3.05) is 27.2 Å². The van der Waals surface area contributed by atoms with E-state index in [1.54, 1.807) is 12.1 Å². The molecule has 0 radical (unpaired) electrons. The van der Waals surface area contributed by atoms with Crippen LogP contribution in [0.3, 0.4) is 0 Å². The van der Waals surface area contributed by atoms with Gasteiger partial charge in [-0.05, 0) is 48.9 Å². The number of carbonyl (C=O) groups is 1. The van der Waals surface area contributed by atoms with E-state index in [1.165, 1.54) is 56.2 Å². The summed E-state index contributed by atoms with van der Waals surface area (Å²) in [6.07, 6.45) is 5.02. The van der Waals surface area contributed by atoms with Crippen molar-refractivity contribution in [2.45, 2.75) is 30.6 Å². The number of carbonyl (C=O) groups excluding carboxylic acids is 1. The minimum Gasteiger partial charge on any atom is -0.338 e. The quantitative estimate of drug-likeness (QED) is 0.850. The van der Waals surface area contributed by atoms with Crippen LogP contribution in [-0.4, -0.2) is 50.7 Å². The molecular formula is C17H24N2O3S. The average Bonchev–Trinajstić information content (AvgIpc) is 2.98. The normalized spacial score (nSPS) is 24.7. The molecule has 0 N–H and O–H groups in total. The predicted octanol–water partition coefficient (Wildman–Crippen LogP) is 2.20. The Morgan fingerprint density at radius 2 is 1.57 bits per heavy atom. The summed E-state index contributed by atoms with van der Waals surface area (Å²) in [5.41, 5.74) is 0.571. The highest BCUT2D eigenvalue weighted by Gasteiger charge is 2.36. The number of nitrogens with zero attached hydrogens (tertiary/aromatic N) is 2. The van der Waals surface area contributed by atoms with Crippen molar-refractivity contribution in [1.29, 1.82) is 0 Å². The Kier molecular flexibility index (Phi) is 4.47. The van der Waals surface area contributed by atoms with Crippen LogP contribution < -0.4 is 0 Å². The summed E-state index contributed by atoms with van der Waals surface area (Å²) in [7, 11) is -0.446. The van der Waals surface area contributed by atoms with Gasteiger partial charge in [0.25, 0.3) is 5.91 Å². The second-order valence-corrected chi connectivity index (χ2v) is 8.98. The van der Waals surface area contributed by atoms with Gasteiger partial charge in [-0.1, -0.05) is 12.8 Å². The van der Waals surface area contributed by atoms with Crippen LogP contribution >= 0.6 is 0 Å². The molecule has 1 aliphatic heterocycles. The Bertz CT molecular complexity index is 668. The molecule has 2 fully saturated rings. The monoisotopic (exact) mass is 336 g/mol. The highest BCUT2D eigenvalue weighted by Crippen LogP contribution is 2.36. The van der Waals surface area contributed by atoms with Crippen LogP contribution in [0.15, 0.2) is 29.2 Å². The fourth-order valence-electron chi connectivity index (χ4n) is 3.73. The van der Waals surface area contributed by atoms with Gasteiger partial charge in [0.15, 0.2) is 0 Å². The van der Waals surface area contributed by atoms with E-state index >= 15 is 0 Å². The lowest BCUT2D eigenvalue weighted by Gasteiger charge is -2.22. The lowest BCUT2D eigenvalue weighted by Crippen LogP contribution is -2.29. The molecule has 0 bridgehead atoms. The van der Waals surface area contributed by atoms with E-state index in [9.17, 15) is 13.2 Å². The van der Waals surface area contributed by atoms with Crippen LogP contribution in [0.2, 0.25) is 0 Å². The van der Waals surface area contributed by atoms with Crippen LogP contribution in [0, 0.1) is 11.8 Å². The molecule has 1 aromatic rings. The van der Waals surface area contributed by atoms with Gasteiger partial charge in [0, 0.05) is 32.7 Å². The van der Waals surface area contributed by atoms with E-state index < -0.39 is 10.0 Å². The molecule has 126 valence electrons. The molecule has 23 heavy (non-hydrogen) atoms. The number of fused-ring (bicyclic) bond motifs is 1. The summed E-state index contributed by atoms with van der Waals surface area (Å²) < 4.78 is 25.3. The highest BCUT2D eigenvalue weighted by atomic mass is 32.2. The second-order valence-electron chi connectivity index (χ2n) is 6.83. The number of amides is 1. The molecule has 0 unspecified atom stereocenters. The largest absolute Gasteiger partial charge is 0.338 e. The summed E-state index contributed by atoms with van der Waals surface area (Å²) in [4.78, 5) is 14.8. The molecule has 1 aromatic carbocycles. The lowest BCUT2D eigenvalue weighted by atomic mass is 9.82. The summed E-state index contributed by atoms with van der Waals surface area (Å²) in [5, 5.41) is 0. The van der Waals surface area contributed by atoms with Crippen molar-refractivity contribution >= 4 is 15.9 Å². The van der Waals surface area contributed by atoms with Crippen LogP contribution in [-0.2, 0) is 10.0 Å². The summed E-state index contributed by atoms with van der Waals surface area (Å²) >= 11 is 0. The molecule has 0 spiro atoms. The lowest BCUT2D eigenvalue weighted by molar-refractivity contribution is 0.0784. The Labute approximate surface area is 138 Å². The van der Waals surface area contributed by atoms with Gasteiger partial charge >= 0.3 is 0 Å². The maximum Gasteiger partial charge on any atom is 0.253 e. The first-order valence-corrected chi connectivity index (χ1v) is 9.65. The third kappa shape index (κ3) is 3.15. The predicted molar refractivity (Wildman–Crippen MR) is 88.7 cm³/mol. The zero-order valence-corrected chi connectivity index (χ0v) is 14.6. The first kappa shape index (κ1) is 16.5. The Morgan fingerprint density at radius 1 is 1.04 bits per heavy atom. The van der Waals surface area contributed by atoms with Crippen molar-refractivity contribution < 1.29 is 13.2 Å². The number of sulfonamides is 1. The highest BCUT2D eigenvalue weighted by molar-refractivity contribution is 7.89. The molecule has 1 saturated heterocycles. The number of benzene rings is 1. The van der Waals surface area contributed by atoms with Gasteiger partial charge in [-0.2, -0.15) is 0 Å². The Hall–Kier alpha value is -1.40.